The number of carbonyl (C=O) groups excluding carboxylic acids is 1. The number of hydrogen-bond acceptors (Lipinski definition) is 5. The summed E-state index contributed by atoms with van der Waals surface area (Å²) in [5, 5.41) is 3.43. The first-order valence-corrected chi connectivity index (χ1v) is 10.8. The zero-order chi connectivity index (χ0) is 20.1. The third-order valence-electron chi connectivity index (χ3n) is 4.84. The van der Waals surface area contributed by atoms with Crippen molar-refractivity contribution < 1.29 is 4.79 Å². The van der Waals surface area contributed by atoms with Gasteiger partial charge in [0.1, 0.15) is 0 Å². The molecule has 0 radical (unpaired) electrons. The van der Waals surface area contributed by atoms with Gasteiger partial charge in [-0.1, -0.05) is 44.7 Å². The summed E-state index contributed by atoms with van der Waals surface area (Å²) < 4.78 is 0. The lowest BCUT2D eigenvalue weighted by Gasteiger charge is -2.27. The van der Waals surface area contributed by atoms with E-state index in [2.05, 4.69) is 47.0 Å². The fraction of sp³-hybridized carbons (Fsp3) is 0.476. The van der Waals surface area contributed by atoms with Crippen LogP contribution >= 0.6 is 11.8 Å². The van der Waals surface area contributed by atoms with Gasteiger partial charge in [0, 0.05) is 25.2 Å². The van der Waals surface area contributed by atoms with Gasteiger partial charge in [-0.25, -0.2) is 4.98 Å². The van der Waals surface area contributed by atoms with E-state index in [9.17, 15) is 9.59 Å². The quantitative estimate of drug-likeness (QED) is 0.550. The van der Waals surface area contributed by atoms with Crippen LogP contribution in [0.2, 0.25) is 0 Å². The molecule has 6 nitrogen and oxygen atoms in total. The predicted molar refractivity (Wildman–Crippen MR) is 114 cm³/mol. The molecule has 2 heterocycles. The first-order valence-electron chi connectivity index (χ1n) is 9.83. The zero-order valence-electron chi connectivity index (χ0n) is 16.7. The average Bonchev–Trinajstić information content (AvgIpc) is 2.67. The van der Waals surface area contributed by atoms with Gasteiger partial charge in [0.25, 0.3) is 5.56 Å². The predicted octanol–water partition coefficient (Wildman–Crippen LogP) is 3.39. The molecule has 0 saturated carbocycles. The molecular weight excluding hydrogens is 372 g/mol. The van der Waals surface area contributed by atoms with Gasteiger partial charge in [0.15, 0.2) is 5.16 Å². The van der Waals surface area contributed by atoms with Crippen LogP contribution in [0.1, 0.15) is 49.9 Å². The second-order valence-corrected chi connectivity index (χ2v) is 8.40. The molecule has 0 unspecified atom stereocenters. The summed E-state index contributed by atoms with van der Waals surface area (Å²) in [5.74, 6) is 0.500. The number of thioether (sulfide) groups is 1. The Morgan fingerprint density at radius 2 is 2.21 bits per heavy atom. The molecule has 1 amide bonds. The minimum absolute atomic E-state index is 0.0849. The number of rotatable bonds is 7. The van der Waals surface area contributed by atoms with E-state index in [1.165, 1.54) is 17.3 Å². The summed E-state index contributed by atoms with van der Waals surface area (Å²) in [6.45, 7) is 8.96. The molecular formula is C21H28N4O2S. The van der Waals surface area contributed by atoms with E-state index in [1.54, 1.807) is 0 Å². The fourth-order valence-electron chi connectivity index (χ4n) is 3.34. The molecule has 2 N–H and O–H groups in total. The van der Waals surface area contributed by atoms with Crippen molar-refractivity contribution in [2.75, 3.05) is 24.2 Å². The lowest BCUT2D eigenvalue weighted by Crippen LogP contribution is -2.36. The maximum absolute atomic E-state index is 12.4. The topological polar surface area (TPSA) is 78.1 Å². The van der Waals surface area contributed by atoms with E-state index in [4.69, 9.17) is 0 Å². The highest BCUT2D eigenvalue weighted by molar-refractivity contribution is 7.99. The smallest absolute Gasteiger partial charge is 0.256 e. The minimum Gasteiger partial charge on any atom is -0.325 e. The summed E-state index contributed by atoms with van der Waals surface area (Å²) >= 11 is 1.26. The number of anilines is 1. The van der Waals surface area contributed by atoms with Crippen LogP contribution in [0.15, 0.2) is 34.2 Å². The Morgan fingerprint density at radius 1 is 1.39 bits per heavy atom. The standard InChI is InChI=1S/C21H28N4O2S/c1-4-9-25-10-8-18-17(12-25)20(27)24-21(23-18)28-13-19(26)22-16-7-5-6-15(11-16)14(2)3/h5-7,11,14H,4,8-10,12-13H2,1-3H3,(H,22,26)(H,23,24,27). The van der Waals surface area contributed by atoms with Crippen LogP contribution in [-0.2, 0) is 17.8 Å². The number of nitrogens with one attached hydrogen (secondary N) is 2. The lowest BCUT2D eigenvalue weighted by atomic mass is 10.0. The number of amides is 1. The highest BCUT2D eigenvalue weighted by Gasteiger charge is 2.20. The number of benzene rings is 1. The van der Waals surface area contributed by atoms with Gasteiger partial charge in [-0.15, -0.1) is 0 Å². The molecule has 0 bridgehead atoms. The summed E-state index contributed by atoms with van der Waals surface area (Å²) in [5.41, 5.74) is 3.52. The van der Waals surface area contributed by atoms with Crippen molar-refractivity contribution in [1.82, 2.24) is 14.9 Å². The molecule has 28 heavy (non-hydrogen) atoms. The van der Waals surface area contributed by atoms with Gasteiger partial charge in [-0.05, 0) is 36.6 Å². The van der Waals surface area contributed by atoms with Crippen LogP contribution in [0.4, 0.5) is 5.69 Å². The van der Waals surface area contributed by atoms with E-state index >= 15 is 0 Å². The van der Waals surface area contributed by atoms with Crippen LogP contribution < -0.4 is 10.9 Å². The molecule has 1 aliphatic rings. The number of aromatic amines is 1. The van der Waals surface area contributed by atoms with Crippen molar-refractivity contribution in [3.8, 4) is 0 Å². The molecule has 2 aromatic rings. The molecule has 150 valence electrons. The molecule has 0 saturated heterocycles. The van der Waals surface area contributed by atoms with Crippen LogP contribution in [0.3, 0.4) is 0 Å². The van der Waals surface area contributed by atoms with Crippen LogP contribution in [0.25, 0.3) is 0 Å². The Kier molecular flexibility index (Phi) is 6.91. The highest BCUT2D eigenvalue weighted by atomic mass is 32.2. The number of nitrogens with zero attached hydrogens (tertiary/aromatic N) is 2. The molecule has 0 fully saturated rings. The molecule has 1 aromatic carbocycles. The Labute approximate surface area is 170 Å². The molecule has 1 aromatic heterocycles. The SMILES string of the molecule is CCCN1CCc2nc(SCC(=O)Nc3cccc(C(C)C)c3)[nH]c(=O)c2C1. The van der Waals surface area contributed by atoms with E-state index in [1.807, 2.05) is 18.2 Å². The van der Waals surface area contributed by atoms with Crippen LogP contribution in [0.5, 0.6) is 0 Å². The molecule has 1 aliphatic heterocycles. The molecule has 0 spiro atoms. The van der Waals surface area contributed by atoms with Crippen molar-refractivity contribution in [3.63, 3.8) is 0 Å². The number of fused-ring (bicyclic) bond motifs is 1. The second kappa shape index (κ2) is 9.39. The summed E-state index contributed by atoms with van der Waals surface area (Å²) in [6, 6.07) is 7.88. The fourth-order valence-corrected chi connectivity index (χ4v) is 4.02. The third-order valence-corrected chi connectivity index (χ3v) is 5.72. The summed E-state index contributed by atoms with van der Waals surface area (Å²) in [7, 11) is 0. The van der Waals surface area contributed by atoms with Crippen molar-refractivity contribution in [3.05, 3.63) is 51.4 Å². The molecule has 3 rings (SSSR count). The normalized spacial score (nSPS) is 14.1. The van der Waals surface area contributed by atoms with Gasteiger partial charge in [-0.3, -0.25) is 14.5 Å². The monoisotopic (exact) mass is 400 g/mol. The average molecular weight is 401 g/mol. The summed E-state index contributed by atoms with van der Waals surface area (Å²) in [6.07, 6.45) is 1.85. The summed E-state index contributed by atoms with van der Waals surface area (Å²) in [4.78, 5) is 34.4. The van der Waals surface area contributed by atoms with Crippen molar-refractivity contribution in [2.24, 2.45) is 0 Å². The van der Waals surface area contributed by atoms with E-state index in [-0.39, 0.29) is 17.2 Å². The first-order chi connectivity index (χ1) is 13.5. The Bertz CT molecular complexity index is 894. The van der Waals surface area contributed by atoms with Gasteiger partial charge in [0.2, 0.25) is 5.91 Å². The Hall–Kier alpha value is -2.12. The maximum atomic E-state index is 12.4. The second-order valence-electron chi connectivity index (χ2n) is 7.44. The Balaban J connectivity index is 1.60. The van der Waals surface area contributed by atoms with E-state index in [0.29, 0.717) is 17.6 Å². The third kappa shape index (κ3) is 5.23. The zero-order valence-corrected chi connectivity index (χ0v) is 17.6. The number of hydrogen-bond donors (Lipinski definition) is 2. The minimum atomic E-state index is -0.111. The first kappa shape index (κ1) is 20.6. The molecule has 7 heteroatoms. The largest absolute Gasteiger partial charge is 0.325 e. The van der Waals surface area contributed by atoms with Gasteiger partial charge < -0.3 is 10.3 Å². The number of aromatic nitrogens is 2. The van der Waals surface area contributed by atoms with Crippen molar-refractivity contribution >= 4 is 23.4 Å². The van der Waals surface area contributed by atoms with Gasteiger partial charge >= 0.3 is 0 Å². The van der Waals surface area contributed by atoms with Crippen LogP contribution in [-0.4, -0.2) is 39.6 Å². The number of carbonyl (C=O) groups is 1. The highest BCUT2D eigenvalue weighted by Crippen LogP contribution is 2.20. The lowest BCUT2D eigenvalue weighted by molar-refractivity contribution is -0.113. The molecule has 0 atom stereocenters. The van der Waals surface area contributed by atoms with Gasteiger partial charge in [0.05, 0.1) is 17.0 Å². The van der Waals surface area contributed by atoms with Gasteiger partial charge in [-0.2, -0.15) is 0 Å². The maximum Gasteiger partial charge on any atom is 0.256 e. The van der Waals surface area contributed by atoms with E-state index in [0.717, 1.165) is 42.9 Å². The Morgan fingerprint density at radius 3 is 2.96 bits per heavy atom. The van der Waals surface area contributed by atoms with Crippen molar-refractivity contribution in [2.45, 2.75) is 51.2 Å². The molecule has 0 aliphatic carbocycles. The van der Waals surface area contributed by atoms with Crippen molar-refractivity contribution in [1.29, 1.82) is 0 Å². The van der Waals surface area contributed by atoms with E-state index < -0.39 is 0 Å². The van der Waals surface area contributed by atoms with Crippen LogP contribution in [0, 0.1) is 0 Å². The number of H-pyrrole nitrogens is 1.